The van der Waals surface area contributed by atoms with Gasteiger partial charge in [-0.1, -0.05) is 6.07 Å². The van der Waals surface area contributed by atoms with Crippen LogP contribution in [0.2, 0.25) is 0 Å². The number of aliphatic hydroxyl groups is 1. The number of halogens is 5. The topological polar surface area (TPSA) is 20.2 Å². The van der Waals surface area contributed by atoms with Crippen LogP contribution < -0.4 is 0 Å². The lowest BCUT2D eigenvalue weighted by Crippen LogP contribution is -2.39. The van der Waals surface area contributed by atoms with E-state index in [-0.39, 0.29) is 32.1 Å². The molecule has 0 amide bonds. The van der Waals surface area contributed by atoms with E-state index in [0.29, 0.717) is 5.56 Å². The Morgan fingerprint density at radius 3 is 2.20 bits per heavy atom. The molecule has 1 fully saturated rings. The Kier molecular flexibility index (Phi) is 4.04. The average molecular weight is 294 g/mol. The first-order valence-corrected chi connectivity index (χ1v) is 6.43. The zero-order chi connectivity index (χ0) is 15.0. The van der Waals surface area contributed by atoms with Gasteiger partial charge < -0.3 is 5.11 Å². The lowest BCUT2D eigenvalue weighted by atomic mass is 9.75. The molecule has 1 aliphatic carbocycles. The molecule has 6 heteroatoms. The lowest BCUT2D eigenvalue weighted by molar-refractivity contribution is -0.192. The van der Waals surface area contributed by atoms with Crippen molar-refractivity contribution in [3.8, 4) is 0 Å². The molecule has 1 aromatic carbocycles. The molecule has 0 heterocycles. The molecule has 0 aliphatic heterocycles. The summed E-state index contributed by atoms with van der Waals surface area (Å²) in [7, 11) is 0. The molecule has 1 aromatic rings. The fourth-order valence-electron chi connectivity index (χ4n) is 2.69. The van der Waals surface area contributed by atoms with Gasteiger partial charge in [0.05, 0.1) is 11.5 Å². The van der Waals surface area contributed by atoms with Crippen LogP contribution >= 0.6 is 0 Å². The van der Waals surface area contributed by atoms with Crippen molar-refractivity contribution in [2.45, 2.75) is 43.9 Å². The molecule has 1 aliphatic rings. The van der Waals surface area contributed by atoms with Crippen LogP contribution in [0.1, 0.15) is 31.2 Å². The van der Waals surface area contributed by atoms with Gasteiger partial charge in [-0.2, -0.15) is 13.2 Å². The molecule has 0 spiro atoms. The van der Waals surface area contributed by atoms with Gasteiger partial charge in [0, 0.05) is 6.42 Å². The number of benzene rings is 1. The summed E-state index contributed by atoms with van der Waals surface area (Å²) in [5, 5.41) is 10.3. The largest absolute Gasteiger partial charge is 0.391 e. The number of rotatable bonds is 2. The van der Waals surface area contributed by atoms with Crippen molar-refractivity contribution in [3.63, 3.8) is 0 Å². The zero-order valence-corrected chi connectivity index (χ0v) is 10.7. The van der Waals surface area contributed by atoms with Gasteiger partial charge in [-0.3, -0.25) is 0 Å². The van der Waals surface area contributed by atoms with E-state index in [1.807, 2.05) is 0 Å². The monoisotopic (exact) mass is 294 g/mol. The third-order valence-corrected chi connectivity index (χ3v) is 3.90. The Balaban J connectivity index is 2.01. The zero-order valence-electron chi connectivity index (χ0n) is 10.7. The van der Waals surface area contributed by atoms with Gasteiger partial charge in [0.2, 0.25) is 0 Å². The molecule has 1 nitrogen and oxygen atoms in total. The summed E-state index contributed by atoms with van der Waals surface area (Å²) >= 11 is 0. The first-order valence-electron chi connectivity index (χ1n) is 6.43. The highest BCUT2D eigenvalue weighted by molar-refractivity contribution is 5.20. The van der Waals surface area contributed by atoms with Crippen molar-refractivity contribution >= 4 is 0 Å². The standard InChI is InChI=1S/C14H15F5O/c15-11-2-1-9(7-12(11)16)8-13(20)5-3-10(4-6-13)14(17,18)19/h1-2,7,10,20H,3-6,8H2. The van der Waals surface area contributed by atoms with E-state index in [9.17, 15) is 27.1 Å². The summed E-state index contributed by atoms with van der Waals surface area (Å²) in [6.07, 6.45) is -4.45. The summed E-state index contributed by atoms with van der Waals surface area (Å²) in [5.41, 5.74) is -0.886. The highest BCUT2D eigenvalue weighted by Crippen LogP contribution is 2.42. The number of hydrogen-bond acceptors (Lipinski definition) is 1. The lowest BCUT2D eigenvalue weighted by Gasteiger charge is -2.36. The van der Waals surface area contributed by atoms with Crippen LogP contribution in [-0.4, -0.2) is 16.9 Å². The van der Waals surface area contributed by atoms with Crippen LogP contribution in [-0.2, 0) is 6.42 Å². The Morgan fingerprint density at radius 2 is 1.70 bits per heavy atom. The van der Waals surface area contributed by atoms with Crippen molar-refractivity contribution in [3.05, 3.63) is 35.4 Å². The second-order valence-electron chi connectivity index (χ2n) is 5.47. The van der Waals surface area contributed by atoms with E-state index in [2.05, 4.69) is 0 Å². The Hall–Kier alpha value is -1.17. The second-order valence-corrected chi connectivity index (χ2v) is 5.47. The van der Waals surface area contributed by atoms with Gasteiger partial charge in [0.25, 0.3) is 0 Å². The molecule has 20 heavy (non-hydrogen) atoms. The maximum Gasteiger partial charge on any atom is 0.391 e. The third-order valence-electron chi connectivity index (χ3n) is 3.90. The van der Waals surface area contributed by atoms with Gasteiger partial charge in [-0.05, 0) is 43.4 Å². The van der Waals surface area contributed by atoms with Gasteiger partial charge >= 0.3 is 6.18 Å². The first kappa shape index (κ1) is 15.2. The Morgan fingerprint density at radius 1 is 1.10 bits per heavy atom. The van der Waals surface area contributed by atoms with Gasteiger partial charge in [0.1, 0.15) is 0 Å². The van der Waals surface area contributed by atoms with Gasteiger partial charge in [-0.15, -0.1) is 0 Å². The molecule has 0 unspecified atom stereocenters. The predicted molar refractivity (Wildman–Crippen MR) is 63.0 cm³/mol. The van der Waals surface area contributed by atoms with Crippen molar-refractivity contribution in [1.82, 2.24) is 0 Å². The van der Waals surface area contributed by atoms with Crippen molar-refractivity contribution in [2.75, 3.05) is 0 Å². The smallest absolute Gasteiger partial charge is 0.390 e. The fraction of sp³-hybridized carbons (Fsp3) is 0.571. The minimum Gasteiger partial charge on any atom is -0.390 e. The van der Waals surface area contributed by atoms with Crippen molar-refractivity contribution in [1.29, 1.82) is 0 Å². The molecule has 0 atom stereocenters. The Labute approximate surface area is 113 Å². The minimum absolute atomic E-state index is 0.0101. The summed E-state index contributed by atoms with van der Waals surface area (Å²) in [6.45, 7) is 0. The number of hydrogen-bond donors (Lipinski definition) is 1. The minimum atomic E-state index is -4.23. The highest BCUT2D eigenvalue weighted by Gasteiger charge is 2.45. The fourth-order valence-corrected chi connectivity index (χ4v) is 2.69. The maximum absolute atomic E-state index is 13.1. The maximum atomic E-state index is 13.1. The highest BCUT2D eigenvalue weighted by atomic mass is 19.4. The van der Waals surface area contributed by atoms with Crippen LogP contribution in [0, 0.1) is 17.6 Å². The second kappa shape index (κ2) is 5.31. The normalized spacial score (nSPS) is 27.6. The van der Waals surface area contributed by atoms with Crippen molar-refractivity contribution in [2.24, 2.45) is 5.92 Å². The first-order chi connectivity index (χ1) is 9.20. The molecular weight excluding hydrogens is 279 g/mol. The molecule has 0 saturated heterocycles. The predicted octanol–water partition coefficient (Wildman–Crippen LogP) is 3.99. The molecule has 0 bridgehead atoms. The molecule has 0 radical (unpaired) electrons. The molecule has 2 rings (SSSR count). The van der Waals surface area contributed by atoms with Crippen LogP contribution in [0.25, 0.3) is 0 Å². The number of alkyl halides is 3. The van der Waals surface area contributed by atoms with E-state index in [4.69, 9.17) is 0 Å². The SMILES string of the molecule is OC1(Cc2ccc(F)c(F)c2)CCC(C(F)(F)F)CC1. The van der Waals surface area contributed by atoms with Crippen LogP contribution in [0.15, 0.2) is 18.2 Å². The molecule has 112 valence electrons. The molecule has 1 saturated carbocycles. The van der Waals surface area contributed by atoms with Gasteiger partial charge in [-0.25, -0.2) is 8.78 Å². The summed E-state index contributed by atoms with van der Waals surface area (Å²) in [5.74, 6) is -3.38. The summed E-state index contributed by atoms with van der Waals surface area (Å²) in [4.78, 5) is 0. The average Bonchev–Trinajstić information content (AvgIpc) is 2.33. The summed E-state index contributed by atoms with van der Waals surface area (Å²) in [6, 6.07) is 3.27. The molecular formula is C14H15F5O. The Bertz CT molecular complexity index is 475. The molecule has 0 aromatic heterocycles. The molecule has 1 N–H and O–H groups in total. The van der Waals surface area contributed by atoms with Crippen LogP contribution in [0.3, 0.4) is 0 Å². The van der Waals surface area contributed by atoms with Crippen LogP contribution in [0.4, 0.5) is 22.0 Å². The van der Waals surface area contributed by atoms with Crippen molar-refractivity contribution < 1.29 is 27.1 Å². The van der Waals surface area contributed by atoms with E-state index >= 15 is 0 Å². The van der Waals surface area contributed by atoms with Gasteiger partial charge in [0.15, 0.2) is 11.6 Å². The van der Waals surface area contributed by atoms with Crippen LogP contribution in [0.5, 0.6) is 0 Å². The van der Waals surface area contributed by atoms with E-state index in [1.165, 1.54) is 6.07 Å². The van der Waals surface area contributed by atoms with E-state index in [0.717, 1.165) is 12.1 Å². The van der Waals surface area contributed by atoms with E-state index < -0.39 is 29.3 Å². The summed E-state index contributed by atoms with van der Waals surface area (Å²) < 4.78 is 63.5. The quantitative estimate of drug-likeness (QED) is 0.818. The van der Waals surface area contributed by atoms with E-state index in [1.54, 1.807) is 0 Å². The third kappa shape index (κ3) is 3.48.